The maximum atomic E-state index is 12.3. The Kier molecular flexibility index (Phi) is 5.62. The fourth-order valence-electron chi connectivity index (χ4n) is 1.94. The van der Waals surface area contributed by atoms with Crippen molar-refractivity contribution in [2.75, 3.05) is 0 Å². The summed E-state index contributed by atoms with van der Waals surface area (Å²) < 4.78 is 4.87. The molecule has 0 unspecified atom stereocenters. The molecule has 0 atom stereocenters. The number of ether oxygens (including phenoxy) is 1. The zero-order valence-electron chi connectivity index (χ0n) is 11.8. The second-order valence-electron chi connectivity index (χ2n) is 4.49. The van der Waals surface area contributed by atoms with E-state index in [1.54, 1.807) is 30.3 Å². The van der Waals surface area contributed by atoms with Crippen LogP contribution in [0.3, 0.4) is 0 Å². The van der Waals surface area contributed by atoms with Crippen LogP contribution in [-0.2, 0) is 11.3 Å². The number of hydrogen-bond acceptors (Lipinski definition) is 6. The third kappa shape index (κ3) is 3.77. The number of carbonyl (C=O) groups is 1. The minimum Gasteiger partial charge on any atom is -0.457 e. The van der Waals surface area contributed by atoms with Gasteiger partial charge in [0, 0.05) is 0 Å². The van der Waals surface area contributed by atoms with Crippen LogP contribution in [0.15, 0.2) is 45.3 Å². The highest BCUT2D eigenvalue weighted by Crippen LogP contribution is 2.41. The molecule has 0 N–H and O–H groups in total. The normalized spacial score (nSPS) is 10.2. The molecule has 0 aliphatic rings. The molecule has 8 nitrogen and oxygen atoms in total. The first-order valence-electron chi connectivity index (χ1n) is 6.34. The third-order valence-electron chi connectivity index (χ3n) is 2.96. The first-order chi connectivity index (χ1) is 11.3. The van der Waals surface area contributed by atoms with E-state index in [9.17, 15) is 25.0 Å². The lowest BCUT2D eigenvalue weighted by Gasteiger charge is -2.08. The molecule has 0 spiro atoms. The lowest BCUT2D eigenvalue weighted by molar-refractivity contribution is -0.395. The van der Waals surface area contributed by atoms with E-state index in [-0.39, 0.29) is 15.6 Å². The van der Waals surface area contributed by atoms with Crippen molar-refractivity contribution < 1.29 is 19.4 Å². The Hall–Kier alpha value is -2.33. The van der Waals surface area contributed by atoms with E-state index in [0.717, 1.165) is 6.07 Å². The molecule has 0 aromatic heterocycles. The standard InChI is InChI=1S/C14H8Br2N2O6/c15-9-6-10(16)13(18(22)23)11(12(9)17(20)21)14(19)24-7-8-4-2-1-3-5-8/h1-6H,7H2. The molecule has 124 valence electrons. The van der Waals surface area contributed by atoms with Gasteiger partial charge in [-0.05, 0) is 43.5 Å². The monoisotopic (exact) mass is 458 g/mol. The zero-order chi connectivity index (χ0) is 17.9. The summed E-state index contributed by atoms with van der Waals surface area (Å²) in [6.45, 7) is -0.169. The Morgan fingerprint density at radius 2 is 1.50 bits per heavy atom. The van der Waals surface area contributed by atoms with Crippen molar-refractivity contribution >= 4 is 49.2 Å². The second kappa shape index (κ2) is 7.49. The van der Waals surface area contributed by atoms with E-state index in [1.165, 1.54) is 0 Å². The van der Waals surface area contributed by atoms with Gasteiger partial charge in [-0.2, -0.15) is 0 Å². The molecule has 0 saturated carbocycles. The Balaban J connectivity index is 2.48. The molecular formula is C14H8Br2N2O6. The molecule has 0 radical (unpaired) electrons. The van der Waals surface area contributed by atoms with Gasteiger partial charge in [0.2, 0.25) is 5.56 Å². The van der Waals surface area contributed by atoms with Gasteiger partial charge in [-0.3, -0.25) is 20.2 Å². The number of benzene rings is 2. The van der Waals surface area contributed by atoms with E-state index in [0.29, 0.717) is 5.56 Å². The largest absolute Gasteiger partial charge is 0.457 e. The number of nitro groups is 2. The molecule has 0 aliphatic carbocycles. The number of halogens is 2. The number of hydrogen-bond donors (Lipinski definition) is 0. The molecule has 0 saturated heterocycles. The molecule has 24 heavy (non-hydrogen) atoms. The van der Waals surface area contributed by atoms with Gasteiger partial charge in [0.05, 0.1) is 18.8 Å². The first-order valence-corrected chi connectivity index (χ1v) is 7.93. The summed E-state index contributed by atoms with van der Waals surface area (Å²) in [4.78, 5) is 33.0. The summed E-state index contributed by atoms with van der Waals surface area (Å²) in [5.74, 6) is -1.15. The molecule has 0 aliphatic heterocycles. The predicted molar refractivity (Wildman–Crippen MR) is 90.7 cm³/mol. The summed E-state index contributed by atoms with van der Waals surface area (Å²) in [5, 5.41) is 22.5. The van der Waals surface area contributed by atoms with Gasteiger partial charge in [0.1, 0.15) is 6.61 Å². The minimum absolute atomic E-state index is 0.0726. The Morgan fingerprint density at radius 3 is 1.96 bits per heavy atom. The van der Waals surface area contributed by atoms with E-state index in [2.05, 4.69) is 31.9 Å². The fourth-order valence-corrected chi connectivity index (χ4v) is 3.40. The van der Waals surface area contributed by atoms with Crippen molar-refractivity contribution in [3.8, 4) is 0 Å². The predicted octanol–water partition coefficient (Wildman–Crippen LogP) is 4.39. The molecule has 0 heterocycles. The zero-order valence-corrected chi connectivity index (χ0v) is 14.9. The number of esters is 1. The van der Waals surface area contributed by atoms with Crippen molar-refractivity contribution in [1.29, 1.82) is 0 Å². The van der Waals surface area contributed by atoms with E-state index >= 15 is 0 Å². The van der Waals surface area contributed by atoms with Crippen molar-refractivity contribution in [3.05, 3.63) is 76.7 Å². The number of nitrogens with zero attached hydrogens (tertiary/aromatic N) is 2. The molecule has 2 aromatic carbocycles. The quantitative estimate of drug-likeness (QED) is 0.372. The first kappa shape index (κ1) is 18.0. The van der Waals surface area contributed by atoms with Gasteiger partial charge in [-0.1, -0.05) is 30.3 Å². The molecular weight excluding hydrogens is 452 g/mol. The lowest BCUT2D eigenvalue weighted by Crippen LogP contribution is -2.12. The summed E-state index contributed by atoms with van der Waals surface area (Å²) >= 11 is 5.89. The van der Waals surface area contributed by atoms with Gasteiger partial charge >= 0.3 is 17.3 Å². The molecule has 0 fully saturated rings. The Morgan fingerprint density at radius 1 is 1.00 bits per heavy atom. The van der Waals surface area contributed by atoms with E-state index in [4.69, 9.17) is 4.74 Å². The molecule has 0 amide bonds. The van der Waals surface area contributed by atoms with Gasteiger partial charge in [-0.25, -0.2) is 4.79 Å². The molecule has 0 bridgehead atoms. The number of carbonyl (C=O) groups excluding carboxylic acids is 1. The highest BCUT2D eigenvalue weighted by Gasteiger charge is 2.37. The van der Waals surface area contributed by atoms with Crippen molar-refractivity contribution in [1.82, 2.24) is 0 Å². The second-order valence-corrected chi connectivity index (χ2v) is 6.20. The molecule has 10 heteroatoms. The van der Waals surface area contributed by atoms with Gasteiger partial charge < -0.3 is 4.74 Å². The maximum Gasteiger partial charge on any atom is 0.352 e. The molecule has 2 aromatic rings. The number of nitro benzene ring substituents is 2. The van der Waals surface area contributed by atoms with Crippen LogP contribution in [0.1, 0.15) is 15.9 Å². The van der Waals surface area contributed by atoms with Crippen LogP contribution in [0.5, 0.6) is 0 Å². The van der Waals surface area contributed by atoms with Gasteiger partial charge in [0.15, 0.2) is 0 Å². The average molecular weight is 460 g/mol. The highest BCUT2D eigenvalue weighted by atomic mass is 79.9. The van der Waals surface area contributed by atoms with Crippen LogP contribution in [0.4, 0.5) is 11.4 Å². The Labute approximate surface area is 152 Å². The SMILES string of the molecule is O=C(OCc1ccccc1)c1c([N+](=O)[O-])c(Br)cc(Br)c1[N+](=O)[O-]. The van der Waals surface area contributed by atoms with Crippen LogP contribution in [0.2, 0.25) is 0 Å². The summed E-state index contributed by atoms with van der Waals surface area (Å²) in [7, 11) is 0. The van der Waals surface area contributed by atoms with Crippen molar-refractivity contribution in [2.45, 2.75) is 6.61 Å². The minimum atomic E-state index is -1.15. The van der Waals surface area contributed by atoms with Crippen molar-refractivity contribution in [2.24, 2.45) is 0 Å². The van der Waals surface area contributed by atoms with Crippen molar-refractivity contribution in [3.63, 3.8) is 0 Å². The van der Waals surface area contributed by atoms with Crippen LogP contribution < -0.4 is 0 Å². The van der Waals surface area contributed by atoms with Gasteiger partial charge in [0.25, 0.3) is 0 Å². The Bertz CT molecular complexity index is 788. The van der Waals surface area contributed by atoms with Crippen LogP contribution >= 0.6 is 31.9 Å². The fraction of sp³-hybridized carbons (Fsp3) is 0.0714. The smallest absolute Gasteiger partial charge is 0.352 e. The van der Waals surface area contributed by atoms with Gasteiger partial charge in [-0.15, -0.1) is 0 Å². The van der Waals surface area contributed by atoms with Crippen LogP contribution in [-0.4, -0.2) is 15.8 Å². The van der Waals surface area contributed by atoms with E-state index in [1.807, 2.05) is 0 Å². The molecule has 2 rings (SSSR count). The third-order valence-corrected chi connectivity index (χ3v) is 4.17. The van der Waals surface area contributed by atoms with E-state index < -0.39 is 32.8 Å². The lowest BCUT2D eigenvalue weighted by atomic mass is 10.1. The highest BCUT2D eigenvalue weighted by molar-refractivity contribution is 9.11. The average Bonchev–Trinajstić information content (AvgIpc) is 2.51. The maximum absolute atomic E-state index is 12.3. The summed E-state index contributed by atoms with van der Waals surface area (Å²) in [5.41, 5.74) is -1.52. The summed E-state index contributed by atoms with van der Waals surface area (Å²) in [6.07, 6.45) is 0. The summed E-state index contributed by atoms with van der Waals surface area (Å²) in [6, 6.07) is 9.74. The topological polar surface area (TPSA) is 113 Å². The number of rotatable bonds is 5. The van der Waals surface area contributed by atoms with Crippen LogP contribution in [0.25, 0.3) is 0 Å². The van der Waals surface area contributed by atoms with Crippen LogP contribution in [0, 0.1) is 20.2 Å².